The Balaban J connectivity index is 2.01. The van der Waals surface area contributed by atoms with Crippen LogP contribution >= 0.6 is 11.8 Å². The molecule has 0 amide bonds. The summed E-state index contributed by atoms with van der Waals surface area (Å²) in [5.41, 5.74) is 12.5. The van der Waals surface area contributed by atoms with E-state index in [2.05, 4.69) is 25.3 Å². The van der Waals surface area contributed by atoms with Crippen molar-refractivity contribution in [2.45, 2.75) is 5.16 Å². The lowest BCUT2D eigenvalue weighted by molar-refractivity contribution is -0.384. The van der Waals surface area contributed by atoms with E-state index in [-0.39, 0.29) is 23.1 Å². The molecule has 0 saturated heterocycles. The second-order valence-corrected chi connectivity index (χ2v) is 5.28. The first-order valence-electron chi connectivity index (χ1n) is 6.51. The summed E-state index contributed by atoms with van der Waals surface area (Å²) in [7, 11) is 0. The lowest BCUT2D eigenvalue weighted by Gasteiger charge is -2.00. The normalized spacial score (nSPS) is 11.4. The minimum atomic E-state index is -0.492. The molecule has 1 aromatic carbocycles. The van der Waals surface area contributed by atoms with Crippen molar-refractivity contribution in [2.24, 2.45) is 10.2 Å². The van der Waals surface area contributed by atoms with Gasteiger partial charge < -0.3 is 11.5 Å². The number of hydrogen-bond donors (Lipinski definition) is 2. The summed E-state index contributed by atoms with van der Waals surface area (Å²) >= 11 is 1.33. The summed E-state index contributed by atoms with van der Waals surface area (Å²) in [6, 6.07) is 5.61. The van der Waals surface area contributed by atoms with Gasteiger partial charge in [0.15, 0.2) is 22.3 Å². The topological polar surface area (TPSA) is 163 Å². The molecule has 0 spiro atoms. The zero-order chi connectivity index (χ0) is 17.3. The number of aromatic nitrogens is 4. The Morgan fingerprint density at radius 3 is 2.54 bits per heavy atom. The fourth-order valence-electron chi connectivity index (χ4n) is 1.91. The van der Waals surface area contributed by atoms with Gasteiger partial charge in [-0.25, -0.2) is 0 Å². The van der Waals surface area contributed by atoms with Crippen molar-refractivity contribution in [3.63, 3.8) is 0 Å². The van der Waals surface area contributed by atoms with Crippen LogP contribution in [-0.4, -0.2) is 30.8 Å². The summed E-state index contributed by atoms with van der Waals surface area (Å²) in [6.45, 7) is 0. The molecular formula is C12H11N9O2S. The number of non-ortho nitro benzene ring substituents is 1. The van der Waals surface area contributed by atoms with Gasteiger partial charge in [0.05, 0.1) is 10.6 Å². The molecule has 0 bridgehead atoms. The number of nitrogen functional groups attached to an aromatic ring is 2. The van der Waals surface area contributed by atoms with Crippen molar-refractivity contribution >= 4 is 46.2 Å². The van der Waals surface area contributed by atoms with Gasteiger partial charge >= 0.3 is 0 Å². The first kappa shape index (κ1) is 15.6. The number of nitro groups is 1. The predicted octanol–water partition coefficient (Wildman–Crippen LogP) is 2.33. The molecule has 0 aliphatic heterocycles. The molecule has 0 radical (unpaired) electrons. The van der Waals surface area contributed by atoms with Crippen LogP contribution in [0.5, 0.6) is 0 Å². The predicted molar refractivity (Wildman–Crippen MR) is 88.7 cm³/mol. The highest BCUT2D eigenvalue weighted by atomic mass is 32.2. The van der Waals surface area contributed by atoms with Crippen LogP contribution in [-0.2, 0) is 0 Å². The van der Waals surface area contributed by atoms with Crippen LogP contribution in [0.1, 0.15) is 0 Å². The number of hydrogen-bond acceptors (Lipinski definition) is 10. The molecule has 0 aliphatic carbocycles. The molecule has 0 aliphatic rings. The molecule has 12 heteroatoms. The van der Waals surface area contributed by atoms with Crippen molar-refractivity contribution in [1.82, 2.24) is 19.6 Å². The van der Waals surface area contributed by atoms with E-state index in [1.54, 1.807) is 0 Å². The Kier molecular flexibility index (Phi) is 3.95. The minimum absolute atomic E-state index is 0.0328. The smallest absolute Gasteiger partial charge is 0.269 e. The Morgan fingerprint density at radius 1 is 1.21 bits per heavy atom. The Labute approximate surface area is 139 Å². The van der Waals surface area contributed by atoms with E-state index in [4.69, 9.17) is 11.5 Å². The SMILES string of the molecule is CSc1nc(N)nc2c(N=Nc3ccc([N+](=O)[O-])cc3)c(N)nn12. The number of nitrogens with zero attached hydrogens (tertiary/aromatic N) is 7. The van der Waals surface area contributed by atoms with E-state index in [0.717, 1.165) is 0 Å². The fourth-order valence-corrected chi connectivity index (χ4v) is 2.39. The highest BCUT2D eigenvalue weighted by molar-refractivity contribution is 7.98. The highest BCUT2D eigenvalue weighted by Crippen LogP contribution is 2.30. The average molecular weight is 345 g/mol. The maximum Gasteiger partial charge on any atom is 0.269 e. The molecule has 0 fully saturated rings. The second kappa shape index (κ2) is 6.08. The number of nitrogens with two attached hydrogens (primary N) is 2. The van der Waals surface area contributed by atoms with Gasteiger partial charge in [0.2, 0.25) is 5.95 Å². The average Bonchev–Trinajstić information content (AvgIpc) is 2.88. The summed E-state index contributed by atoms with van der Waals surface area (Å²) in [6.07, 6.45) is 1.82. The van der Waals surface area contributed by atoms with Gasteiger partial charge in [-0.1, -0.05) is 11.8 Å². The molecule has 122 valence electrons. The summed E-state index contributed by atoms with van der Waals surface area (Å²) in [5, 5.41) is 23.3. The van der Waals surface area contributed by atoms with Crippen molar-refractivity contribution < 1.29 is 4.92 Å². The van der Waals surface area contributed by atoms with Gasteiger partial charge in [0.1, 0.15) is 0 Å². The van der Waals surface area contributed by atoms with Crippen molar-refractivity contribution in [3.05, 3.63) is 34.4 Å². The van der Waals surface area contributed by atoms with Gasteiger partial charge in [0, 0.05) is 12.1 Å². The van der Waals surface area contributed by atoms with E-state index in [1.807, 2.05) is 6.26 Å². The van der Waals surface area contributed by atoms with E-state index in [1.165, 1.54) is 40.5 Å². The molecule has 3 rings (SSSR count). The molecule has 24 heavy (non-hydrogen) atoms. The van der Waals surface area contributed by atoms with Gasteiger partial charge in [-0.2, -0.15) is 19.6 Å². The van der Waals surface area contributed by atoms with Crippen molar-refractivity contribution in [2.75, 3.05) is 17.7 Å². The van der Waals surface area contributed by atoms with E-state index < -0.39 is 4.92 Å². The number of azo groups is 1. The van der Waals surface area contributed by atoms with Crippen LogP contribution < -0.4 is 11.5 Å². The van der Waals surface area contributed by atoms with Crippen molar-refractivity contribution in [3.8, 4) is 0 Å². The lowest BCUT2D eigenvalue weighted by Crippen LogP contribution is -2.03. The Hall–Kier alpha value is -3.28. The maximum atomic E-state index is 10.6. The summed E-state index contributed by atoms with van der Waals surface area (Å²) < 4.78 is 1.43. The van der Waals surface area contributed by atoms with Crippen LogP contribution in [0, 0.1) is 10.1 Å². The molecule has 11 nitrogen and oxygen atoms in total. The summed E-state index contributed by atoms with van der Waals surface area (Å²) in [4.78, 5) is 18.3. The van der Waals surface area contributed by atoms with Gasteiger partial charge in [-0.3, -0.25) is 10.1 Å². The first-order valence-corrected chi connectivity index (χ1v) is 7.74. The molecule has 2 aromatic heterocycles. The van der Waals surface area contributed by atoms with E-state index in [0.29, 0.717) is 16.5 Å². The van der Waals surface area contributed by atoms with Crippen LogP contribution in [0.3, 0.4) is 0 Å². The van der Waals surface area contributed by atoms with Crippen LogP contribution in [0.25, 0.3) is 5.65 Å². The molecule has 0 saturated carbocycles. The third kappa shape index (κ3) is 2.81. The molecule has 0 unspecified atom stereocenters. The third-order valence-electron chi connectivity index (χ3n) is 2.98. The number of fused-ring (bicyclic) bond motifs is 1. The molecular weight excluding hydrogens is 334 g/mol. The number of thioether (sulfide) groups is 1. The third-order valence-corrected chi connectivity index (χ3v) is 3.61. The quantitative estimate of drug-likeness (QED) is 0.315. The zero-order valence-corrected chi connectivity index (χ0v) is 13.1. The van der Waals surface area contributed by atoms with Gasteiger partial charge in [0.25, 0.3) is 5.69 Å². The Morgan fingerprint density at radius 2 is 1.92 bits per heavy atom. The zero-order valence-electron chi connectivity index (χ0n) is 12.3. The largest absolute Gasteiger partial charge is 0.380 e. The van der Waals surface area contributed by atoms with Gasteiger partial charge in [-0.15, -0.1) is 10.2 Å². The lowest BCUT2D eigenvalue weighted by atomic mass is 10.3. The van der Waals surface area contributed by atoms with Crippen molar-refractivity contribution in [1.29, 1.82) is 0 Å². The minimum Gasteiger partial charge on any atom is -0.380 e. The van der Waals surface area contributed by atoms with E-state index in [9.17, 15) is 10.1 Å². The molecule has 0 atom stereocenters. The highest BCUT2D eigenvalue weighted by Gasteiger charge is 2.16. The number of anilines is 2. The Bertz CT molecular complexity index is 951. The van der Waals surface area contributed by atoms with Crippen LogP contribution in [0.4, 0.5) is 28.8 Å². The molecule has 2 heterocycles. The maximum absolute atomic E-state index is 10.6. The number of benzene rings is 1. The monoisotopic (exact) mass is 345 g/mol. The fraction of sp³-hybridized carbons (Fsp3) is 0.0833. The van der Waals surface area contributed by atoms with E-state index >= 15 is 0 Å². The van der Waals surface area contributed by atoms with Crippen LogP contribution in [0.2, 0.25) is 0 Å². The molecule has 4 N–H and O–H groups in total. The number of rotatable bonds is 4. The van der Waals surface area contributed by atoms with Gasteiger partial charge in [-0.05, 0) is 18.4 Å². The second-order valence-electron chi connectivity index (χ2n) is 4.51. The summed E-state index contributed by atoms with van der Waals surface area (Å²) in [5.74, 6) is 0.189. The number of nitro benzene ring substituents is 1. The molecule has 3 aromatic rings. The standard InChI is InChI=1S/C12H11N9O2S/c1-24-12-16-11(14)15-10-8(9(13)19-20(10)12)18-17-6-2-4-7(5-3-6)21(22)23/h2-5H,1H3,(H2,13,19)(H2,14,15). The van der Waals surface area contributed by atoms with Crippen LogP contribution in [0.15, 0.2) is 39.7 Å². The first-order chi connectivity index (χ1) is 11.5.